The minimum Gasteiger partial charge on any atom is -0.465 e. The number of likely N-dealkylation sites (N-methyl/N-ethyl adjacent to an activating group) is 1. The van der Waals surface area contributed by atoms with Gasteiger partial charge in [0.1, 0.15) is 0 Å². The normalized spacial score (nSPS) is 16.3. The van der Waals surface area contributed by atoms with Gasteiger partial charge in [-0.2, -0.15) is 0 Å². The molecule has 0 unspecified atom stereocenters. The third kappa shape index (κ3) is 6.46. The molecule has 8 nitrogen and oxygen atoms in total. The van der Waals surface area contributed by atoms with Gasteiger partial charge >= 0.3 is 6.09 Å². The molecule has 0 radical (unpaired) electrons. The fraction of sp³-hybridized carbons (Fsp3) is 0.385. The number of amides is 2. The van der Waals surface area contributed by atoms with Crippen LogP contribution < -0.4 is 4.90 Å². The molecule has 1 fully saturated rings. The third-order valence-corrected chi connectivity index (χ3v) is 9.06. The molecule has 37 heavy (non-hydrogen) atoms. The van der Waals surface area contributed by atoms with E-state index in [2.05, 4.69) is 11.5 Å². The fourth-order valence-corrected chi connectivity index (χ4v) is 6.03. The highest BCUT2D eigenvalue weighted by Gasteiger charge is 2.28. The van der Waals surface area contributed by atoms with Crippen molar-refractivity contribution in [2.45, 2.75) is 37.2 Å². The van der Waals surface area contributed by atoms with Crippen molar-refractivity contribution in [2.75, 3.05) is 37.8 Å². The quantitative estimate of drug-likeness (QED) is 0.466. The van der Waals surface area contributed by atoms with Gasteiger partial charge in [0.2, 0.25) is 0 Å². The van der Waals surface area contributed by atoms with Crippen molar-refractivity contribution in [2.24, 2.45) is 0 Å². The van der Waals surface area contributed by atoms with E-state index in [1.807, 2.05) is 0 Å². The van der Waals surface area contributed by atoms with Crippen LogP contribution in [0, 0.1) is 0 Å². The van der Waals surface area contributed by atoms with Gasteiger partial charge in [-0.3, -0.25) is 9.69 Å². The Morgan fingerprint density at radius 2 is 1.92 bits per heavy atom. The largest absolute Gasteiger partial charge is 0.465 e. The molecule has 3 rings (SSSR count). The lowest BCUT2D eigenvalue weighted by Gasteiger charge is -2.36. The lowest BCUT2D eigenvalue weighted by molar-refractivity contribution is 0.0952. The summed E-state index contributed by atoms with van der Waals surface area (Å²) in [6.07, 6.45) is 2.31. The minimum absolute atomic E-state index is 0.0212. The Hall–Kier alpha value is -2.59. The number of carboxylic acid groups (broad SMARTS) is 1. The van der Waals surface area contributed by atoms with Crippen LogP contribution in [0.5, 0.6) is 0 Å². The van der Waals surface area contributed by atoms with E-state index in [0.717, 1.165) is 24.9 Å². The number of hydrogen-bond donors (Lipinski definition) is 1. The average molecular weight is 569 g/mol. The molecule has 0 aromatic heterocycles. The molecule has 1 N–H and O–H groups in total. The number of sulfone groups is 1. The second-order valence-corrected chi connectivity index (χ2v) is 12.1. The van der Waals surface area contributed by atoms with Gasteiger partial charge in [-0.05, 0) is 60.8 Å². The van der Waals surface area contributed by atoms with Gasteiger partial charge in [0, 0.05) is 48.8 Å². The zero-order valence-electron chi connectivity index (χ0n) is 21.1. The number of hydrogen-bond acceptors (Lipinski definition) is 5. The van der Waals surface area contributed by atoms with Crippen LogP contribution in [-0.4, -0.2) is 74.3 Å². The molecule has 200 valence electrons. The van der Waals surface area contributed by atoms with Gasteiger partial charge < -0.3 is 14.9 Å². The number of benzene rings is 2. The summed E-state index contributed by atoms with van der Waals surface area (Å²) in [6.45, 7) is 7.26. The molecule has 2 aromatic rings. The summed E-state index contributed by atoms with van der Waals surface area (Å²) in [5, 5.41) is 10.0. The van der Waals surface area contributed by atoms with Gasteiger partial charge in [-0.1, -0.05) is 42.8 Å². The number of likely N-dealkylation sites (tertiary alicyclic amines) is 1. The van der Waals surface area contributed by atoms with E-state index in [0.29, 0.717) is 28.7 Å². The van der Waals surface area contributed by atoms with Crippen molar-refractivity contribution in [3.05, 3.63) is 63.6 Å². The molecule has 11 heteroatoms. The standard InChI is InChI=1S/C26H31Cl2N3O5S/c1-5-17-12-18(25(32)30(4)23-14-19(27)9-10-24(23)37(35,36)6-2)13-22(28)21(17)16-31-11-7-8-20(15-31)29(3)26(33)34/h5,9-10,12-14,20H,1,6-8,11,15-16H2,2-4H3,(H,33,34)/t20-/m0/s1. The van der Waals surface area contributed by atoms with Crippen LogP contribution in [0.3, 0.4) is 0 Å². The molecular formula is C26H31Cl2N3O5S. The van der Waals surface area contributed by atoms with Gasteiger partial charge in [-0.15, -0.1) is 0 Å². The topological polar surface area (TPSA) is 98.2 Å². The van der Waals surface area contributed by atoms with E-state index in [9.17, 15) is 23.1 Å². The summed E-state index contributed by atoms with van der Waals surface area (Å²) in [4.78, 5) is 29.6. The van der Waals surface area contributed by atoms with E-state index in [1.165, 1.54) is 42.0 Å². The van der Waals surface area contributed by atoms with Crippen LogP contribution in [0.25, 0.3) is 6.08 Å². The Balaban J connectivity index is 1.91. The molecule has 1 heterocycles. The monoisotopic (exact) mass is 567 g/mol. The molecule has 0 aliphatic carbocycles. The van der Waals surface area contributed by atoms with Crippen molar-refractivity contribution in [3.63, 3.8) is 0 Å². The zero-order valence-corrected chi connectivity index (χ0v) is 23.4. The number of piperidine rings is 1. The second kappa shape index (κ2) is 11.9. The molecular weight excluding hydrogens is 537 g/mol. The molecule has 1 aliphatic heterocycles. The first kappa shape index (κ1) is 29.0. The highest BCUT2D eigenvalue weighted by Crippen LogP contribution is 2.32. The van der Waals surface area contributed by atoms with Crippen molar-refractivity contribution < 1.29 is 23.1 Å². The summed E-state index contributed by atoms with van der Waals surface area (Å²) in [7, 11) is -0.540. The maximum absolute atomic E-state index is 13.5. The van der Waals surface area contributed by atoms with Crippen molar-refractivity contribution in [1.29, 1.82) is 0 Å². The molecule has 2 aromatic carbocycles. The predicted octanol–water partition coefficient (Wildman–Crippen LogP) is 5.28. The second-order valence-electron chi connectivity index (χ2n) is 9.03. The molecule has 2 amide bonds. The number of halogens is 2. The van der Waals surface area contributed by atoms with Crippen molar-refractivity contribution in [1.82, 2.24) is 9.80 Å². The number of anilines is 1. The number of carbonyl (C=O) groups is 2. The van der Waals surface area contributed by atoms with Crippen LogP contribution in [0.2, 0.25) is 10.0 Å². The van der Waals surface area contributed by atoms with Crippen LogP contribution in [0.4, 0.5) is 10.5 Å². The van der Waals surface area contributed by atoms with Gasteiger partial charge in [-0.25, -0.2) is 13.2 Å². The highest BCUT2D eigenvalue weighted by molar-refractivity contribution is 7.91. The van der Waals surface area contributed by atoms with E-state index < -0.39 is 21.8 Å². The Kier molecular flexibility index (Phi) is 9.28. The predicted molar refractivity (Wildman–Crippen MR) is 148 cm³/mol. The SMILES string of the molecule is C=Cc1cc(C(=O)N(C)c2cc(Cl)ccc2S(=O)(=O)CC)cc(Cl)c1CN1CCC[C@H](N(C)C(=O)O)C1. The van der Waals surface area contributed by atoms with Gasteiger partial charge in [0.15, 0.2) is 9.84 Å². The number of nitrogens with zero attached hydrogens (tertiary/aromatic N) is 3. The number of rotatable bonds is 8. The number of carbonyl (C=O) groups excluding carboxylic acids is 1. The summed E-state index contributed by atoms with van der Waals surface area (Å²) < 4.78 is 25.3. The maximum Gasteiger partial charge on any atom is 0.407 e. The lowest BCUT2D eigenvalue weighted by Crippen LogP contribution is -2.47. The zero-order chi connectivity index (χ0) is 27.5. The van der Waals surface area contributed by atoms with Crippen LogP contribution in [0.15, 0.2) is 41.8 Å². The average Bonchev–Trinajstić information content (AvgIpc) is 2.88. The summed E-state index contributed by atoms with van der Waals surface area (Å²) in [5.74, 6) is -0.572. The molecule has 1 saturated heterocycles. The van der Waals surface area contributed by atoms with Crippen LogP contribution >= 0.6 is 23.2 Å². The van der Waals surface area contributed by atoms with E-state index in [1.54, 1.807) is 25.3 Å². The Morgan fingerprint density at radius 1 is 1.22 bits per heavy atom. The Labute approximate surface area is 228 Å². The molecule has 1 atom stereocenters. The smallest absolute Gasteiger partial charge is 0.407 e. The summed E-state index contributed by atoms with van der Waals surface area (Å²) >= 11 is 12.8. The fourth-order valence-electron chi connectivity index (χ4n) is 4.48. The van der Waals surface area contributed by atoms with Gasteiger partial charge in [0.05, 0.1) is 16.3 Å². The van der Waals surface area contributed by atoms with E-state index in [4.69, 9.17) is 23.2 Å². The Bertz CT molecular complexity index is 1320. The first-order valence-electron chi connectivity index (χ1n) is 11.8. The van der Waals surface area contributed by atoms with Gasteiger partial charge in [0.25, 0.3) is 5.91 Å². The Morgan fingerprint density at radius 3 is 2.54 bits per heavy atom. The minimum atomic E-state index is -3.61. The summed E-state index contributed by atoms with van der Waals surface area (Å²) in [6, 6.07) is 7.46. The maximum atomic E-state index is 13.5. The van der Waals surface area contributed by atoms with Crippen LogP contribution in [-0.2, 0) is 16.4 Å². The van der Waals surface area contributed by atoms with Crippen molar-refractivity contribution >= 4 is 56.8 Å². The first-order valence-corrected chi connectivity index (χ1v) is 14.2. The first-order chi connectivity index (χ1) is 17.4. The third-order valence-electron chi connectivity index (χ3n) is 6.71. The lowest BCUT2D eigenvalue weighted by atomic mass is 9.99. The van der Waals surface area contributed by atoms with E-state index in [-0.39, 0.29) is 27.9 Å². The molecule has 0 saturated carbocycles. The summed E-state index contributed by atoms with van der Waals surface area (Å²) in [5.41, 5.74) is 1.91. The van der Waals surface area contributed by atoms with Crippen molar-refractivity contribution in [3.8, 4) is 0 Å². The molecule has 0 spiro atoms. The highest BCUT2D eigenvalue weighted by atomic mass is 35.5. The molecule has 1 aliphatic rings. The molecule has 0 bridgehead atoms. The van der Waals surface area contributed by atoms with Crippen LogP contribution in [0.1, 0.15) is 41.3 Å². The van der Waals surface area contributed by atoms with E-state index >= 15 is 0 Å².